The molecule has 0 radical (unpaired) electrons. The van der Waals surface area contributed by atoms with Crippen LogP contribution in [0.4, 0.5) is 0 Å². The van der Waals surface area contributed by atoms with Crippen molar-refractivity contribution in [3.63, 3.8) is 0 Å². The van der Waals surface area contributed by atoms with Crippen LogP contribution in [0.2, 0.25) is 0 Å². The first-order valence-electron chi connectivity index (χ1n) is 6.72. The quantitative estimate of drug-likeness (QED) is 0.676. The molecule has 0 aliphatic carbocycles. The van der Waals surface area contributed by atoms with E-state index in [0.29, 0.717) is 11.2 Å². The average molecular weight is 280 g/mol. The second-order valence-electron chi connectivity index (χ2n) is 5.79. The Morgan fingerprint density at radius 3 is 2.62 bits per heavy atom. The van der Waals surface area contributed by atoms with Crippen LogP contribution in [0.1, 0.15) is 32.2 Å². The Hall–Kier alpha value is -2.63. The lowest BCUT2D eigenvalue weighted by molar-refractivity contribution is 0.546. The number of fused-ring (bicyclic) bond motifs is 1. The molecular formula is C15H16N6. The van der Waals surface area contributed by atoms with Crippen molar-refractivity contribution < 1.29 is 0 Å². The van der Waals surface area contributed by atoms with E-state index in [1.54, 1.807) is 12.4 Å². The van der Waals surface area contributed by atoms with Gasteiger partial charge < -0.3 is 0 Å². The number of nitrogens with zero attached hydrogens (tertiary/aromatic N) is 6. The first kappa shape index (κ1) is 13.4. The van der Waals surface area contributed by atoms with Gasteiger partial charge in [-0.25, -0.2) is 9.97 Å². The van der Waals surface area contributed by atoms with E-state index in [1.165, 1.54) is 4.79 Å². The first-order valence-corrected chi connectivity index (χ1v) is 6.72. The summed E-state index contributed by atoms with van der Waals surface area (Å²) in [5.74, 6) is 0.744. The zero-order chi connectivity index (χ0) is 14.9. The number of hydrogen-bond donors (Lipinski definition) is 0. The molecule has 0 unspecified atom stereocenters. The van der Waals surface area contributed by atoms with Crippen molar-refractivity contribution in [1.82, 2.24) is 25.1 Å². The van der Waals surface area contributed by atoms with Gasteiger partial charge in [-0.05, 0) is 10.8 Å². The Bertz CT molecular complexity index is 783. The average Bonchev–Trinajstić information content (AvgIpc) is 2.87. The zero-order valence-electron chi connectivity index (χ0n) is 12.2. The van der Waals surface area contributed by atoms with Crippen LogP contribution in [0.5, 0.6) is 0 Å². The molecule has 0 spiro atoms. The Morgan fingerprint density at radius 1 is 1.14 bits per heavy atom. The number of benzene rings is 1. The fraction of sp³-hybridized carbons (Fsp3) is 0.267. The summed E-state index contributed by atoms with van der Waals surface area (Å²) in [6.07, 6.45) is 3.41. The summed E-state index contributed by atoms with van der Waals surface area (Å²) in [6, 6.07) is 9.82. The van der Waals surface area contributed by atoms with Gasteiger partial charge in [0, 0.05) is 5.41 Å². The Labute approximate surface area is 122 Å². The predicted molar refractivity (Wildman–Crippen MR) is 81.3 cm³/mol. The molecule has 21 heavy (non-hydrogen) atoms. The summed E-state index contributed by atoms with van der Waals surface area (Å²) in [6.45, 7) is 6.20. The van der Waals surface area contributed by atoms with E-state index in [-0.39, 0.29) is 5.41 Å². The third-order valence-electron chi connectivity index (χ3n) is 2.96. The van der Waals surface area contributed by atoms with Gasteiger partial charge in [-0.2, -0.15) is 5.10 Å². The van der Waals surface area contributed by atoms with Crippen molar-refractivity contribution in [2.45, 2.75) is 26.2 Å². The van der Waals surface area contributed by atoms with Crippen LogP contribution in [-0.2, 0) is 5.41 Å². The topological polar surface area (TPSA) is 68.8 Å². The van der Waals surface area contributed by atoms with Crippen LogP contribution in [0.25, 0.3) is 11.2 Å². The summed E-state index contributed by atoms with van der Waals surface area (Å²) < 4.78 is 0. The summed E-state index contributed by atoms with van der Waals surface area (Å²) in [7, 11) is 0. The highest BCUT2D eigenvalue weighted by atomic mass is 15.6. The van der Waals surface area contributed by atoms with Crippen LogP contribution in [0, 0.1) is 0 Å². The van der Waals surface area contributed by atoms with Crippen molar-refractivity contribution in [1.29, 1.82) is 0 Å². The van der Waals surface area contributed by atoms with Gasteiger partial charge in [0.05, 0.1) is 12.4 Å². The van der Waals surface area contributed by atoms with E-state index in [9.17, 15) is 0 Å². The van der Waals surface area contributed by atoms with Crippen molar-refractivity contribution >= 4 is 17.4 Å². The first-order chi connectivity index (χ1) is 10.0. The highest BCUT2D eigenvalue weighted by Crippen LogP contribution is 2.19. The van der Waals surface area contributed by atoms with Crippen LogP contribution in [0.15, 0.2) is 41.6 Å². The highest BCUT2D eigenvalue weighted by molar-refractivity contribution is 5.80. The third-order valence-corrected chi connectivity index (χ3v) is 2.96. The third kappa shape index (κ3) is 2.79. The Kier molecular flexibility index (Phi) is 3.21. The molecule has 2 heterocycles. The second kappa shape index (κ2) is 5.05. The van der Waals surface area contributed by atoms with Gasteiger partial charge in [0.25, 0.3) is 0 Å². The maximum Gasteiger partial charge on any atom is 0.207 e. The molecule has 6 heteroatoms. The molecule has 0 aliphatic rings. The normalized spacial score (nSPS) is 12.3. The summed E-state index contributed by atoms with van der Waals surface area (Å²) >= 11 is 0. The van der Waals surface area contributed by atoms with Crippen LogP contribution >= 0.6 is 0 Å². The van der Waals surface area contributed by atoms with Crippen molar-refractivity contribution in [2.75, 3.05) is 0 Å². The molecule has 0 fully saturated rings. The minimum atomic E-state index is -0.133. The maximum atomic E-state index is 4.53. The lowest BCUT2D eigenvalue weighted by Gasteiger charge is -2.15. The standard InChI is InChI=1S/C15H16N6/c1-15(2,3)14-16-10-12-13(18-14)21(20-19-12)17-9-11-7-5-4-6-8-11/h4-10H,1-3H3/b17-9-. The summed E-state index contributed by atoms with van der Waals surface area (Å²) in [5.41, 5.74) is 2.11. The fourth-order valence-electron chi connectivity index (χ4n) is 1.82. The molecule has 106 valence electrons. The molecule has 6 nitrogen and oxygen atoms in total. The molecule has 0 saturated carbocycles. The van der Waals surface area contributed by atoms with Gasteiger partial charge in [-0.15, -0.1) is 9.89 Å². The molecule has 3 aromatic rings. The predicted octanol–water partition coefficient (Wildman–Crippen LogP) is 2.40. The molecule has 0 aliphatic heterocycles. The number of aromatic nitrogens is 5. The van der Waals surface area contributed by atoms with Gasteiger partial charge >= 0.3 is 0 Å². The van der Waals surface area contributed by atoms with E-state index in [4.69, 9.17) is 0 Å². The summed E-state index contributed by atoms with van der Waals surface area (Å²) in [5, 5.41) is 12.3. The molecule has 0 amide bonds. The second-order valence-corrected chi connectivity index (χ2v) is 5.79. The fourth-order valence-corrected chi connectivity index (χ4v) is 1.82. The molecule has 2 aromatic heterocycles. The molecule has 3 rings (SSSR count). The SMILES string of the molecule is CC(C)(C)c1ncc2nnn(/N=C\c3ccccc3)c2n1. The minimum Gasteiger partial charge on any atom is -0.238 e. The lowest BCUT2D eigenvalue weighted by atomic mass is 9.96. The number of rotatable bonds is 2. The Morgan fingerprint density at radius 2 is 1.90 bits per heavy atom. The van der Waals surface area contributed by atoms with Crippen LogP contribution in [0.3, 0.4) is 0 Å². The smallest absolute Gasteiger partial charge is 0.207 e. The van der Waals surface area contributed by atoms with E-state index in [1.807, 2.05) is 30.3 Å². The van der Waals surface area contributed by atoms with E-state index < -0.39 is 0 Å². The van der Waals surface area contributed by atoms with E-state index >= 15 is 0 Å². The van der Waals surface area contributed by atoms with Crippen molar-refractivity contribution in [3.8, 4) is 0 Å². The van der Waals surface area contributed by atoms with Crippen LogP contribution in [-0.4, -0.2) is 31.3 Å². The van der Waals surface area contributed by atoms with Crippen LogP contribution < -0.4 is 0 Å². The molecule has 0 saturated heterocycles. The van der Waals surface area contributed by atoms with Gasteiger partial charge in [0.2, 0.25) is 5.65 Å². The van der Waals surface area contributed by atoms with E-state index in [0.717, 1.165) is 11.4 Å². The maximum absolute atomic E-state index is 4.53. The van der Waals surface area contributed by atoms with Gasteiger partial charge in [-0.3, -0.25) is 0 Å². The highest BCUT2D eigenvalue weighted by Gasteiger charge is 2.19. The van der Waals surface area contributed by atoms with Gasteiger partial charge in [0.15, 0.2) is 5.52 Å². The van der Waals surface area contributed by atoms with E-state index in [2.05, 4.69) is 46.2 Å². The Balaban J connectivity index is 2.01. The number of hydrogen-bond acceptors (Lipinski definition) is 5. The molecule has 0 N–H and O–H groups in total. The molecular weight excluding hydrogens is 264 g/mol. The molecule has 1 aromatic carbocycles. The summed E-state index contributed by atoms with van der Waals surface area (Å²) in [4.78, 5) is 10.3. The molecule has 0 atom stereocenters. The monoisotopic (exact) mass is 280 g/mol. The zero-order valence-corrected chi connectivity index (χ0v) is 12.2. The van der Waals surface area contributed by atoms with Gasteiger partial charge in [0.1, 0.15) is 5.82 Å². The minimum absolute atomic E-state index is 0.133. The lowest BCUT2D eigenvalue weighted by Crippen LogP contribution is -2.16. The van der Waals surface area contributed by atoms with Gasteiger partial charge in [-0.1, -0.05) is 51.1 Å². The largest absolute Gasteiger partial charge is 0.238 e. The van der Waals surface area contributed by atoms with Crippen molar-refractivity contribution in [2.24, 2.45) is 5.10 Å². The van der Waals surface area contributed by atoms with Crippen molar-refractivity contribution in [3.05, 3.63) is 47.9 Å². The molecule has 0 bridgehead atoms.